The average molecular weight is 587 g/mol. The summed E-state index contributed by atoms with van der Waals surface area (Å²) in [6, 6.07) is 16.3. The number of unbranched alkanes of at least 4 members (excludes halogenated alkanes) is 2. The third-order valence-corrected chi connectivity index (χ3v) is 7.74. The maximum atomic E-state index is 13.1. The van der Waals surface area contributed by atoms with E-state index in [9.17, 15) is 10.1 Å². The van der Waals surface area contributed by atoms with E-state index in [0.29, 0.717) is 45.6 Å². The molecule has 0 radical (unpaired) electrons. The molecule has 1 aliphatic heterocycles. The number of nitrogens with zero attached hydrogens (tertiary/aromatic N) is 1. The van der Waals surface area contributed by atoms with Crippen molar-refractivity contribution in [3.05, 3.63) is 93.0 Å². The highest BCUT2D eigenvalue weighted by molar-refractivity contribution is 6.32. The molecule has 0 saturated heterocycles. The molecule has 0 saturated carbocycles. The number of furan rings is 1. The molecule has 42 heavy (non-hydrogen) atoms. The van der Waals surface area contributed by atoms with Gasteiger partial charge in [-0.25, -0.2) is 4.79 Å². The minimum absolute atomic E-state index is 0.0299. The van der Waals surface area contributed by atoms with Gasteiger partial charge in [-0.3, -0.25) is 0 Å². The van der Waals surface area contributed by atoms with Gasteiger partial charge in [-0.1, -0.05) is 43.5 Å². The van der Waals surface area contributed by atoms with Gasteiger partial charge in [0.25, 0.3) is 0 Å². The second-order valence-electron chi connectivity index (χ2n) is 10.1. The molecular formula is C33H31ClN2O6. The minimum atomic E-state index is -0.662. The Balaban J connectivity index is 1.44. The van der Waals surface area contributed by atoms with Crippen LogP contribution in [-0.4, -0.2) is 19.7 Å². The van der Waals surface area contributed by atoms with Crippen molar-refractivity contribution in [2.24, 2.45) is 5.73 Å². The van der Waals surface area contributed by atoms with Crippen LogP contribution in [-0.2, 0) is 0 Å². The van der Waals surface area contributed by atoms with E-state index in [-0.39, 0.29) is 23.0 Å². The number of nitriles is 1. The van der Waals surface area contributed by atoms with Crippen LogP contribution in [0.5, 0.6) is 23.0 Å². The molecule has 0 aliphatic carbocycles. The minimum Gasteiger partial charge on any atom is -0.493 e. The number of fused-ring (bicyclic) bond motifs is 2. The van der Waals surface area contributed by atoms with E-state index >= 15 is 0 Å². The highest BCUT2D eigenvalue weighted by Gasteiger charge is 2.32. The SMILES string of the molecule is CCCCCOc1ccc(C2C(C#N)=C(N)Oc3cc(OC(=O)c4oc5cc(C)c(Cl)cc5c4C)ccc32)cc1OC. The highest BCUT2D eigenvalue weighted by atomic mass is 35.5. The number of hydrogen-bond donors (Lipinski definition) is 1. The zero-order valence-corrected chi connectivity index (χ0v) is 24.6. The Bertz CT molecular complexity index is 1750. The Morgan fingerprint density at radius 2 is 1.90 bits per heavy atom. The zero-order valence-electron chi connectivity index (χ0n) is 23.9. The van der Waals surface area contributed by atoms with Crippen molar-refractivity contribution in [1.82, 2.24) is 0 Å². The highest BCUT2D eigenvalue weighted by Crippen LogP contribution is 2.45. The van der Waals surface area contributed by atoms with E-state index in [1.54, 1.807) is 44.4 Å². The molecule has 8 nitrogen and oxygen atoms in total. The summed E-state index contributed by atoms with van der Waals surface area (Å²) < 4.78 is 28.8. The van der Waals surface area contributed by atoms with Gasteiger partial charge >= 0.3 is 5.97 Å². The number of benzene rings is 3. The molecule has 5 rings (SSSR count). The largest absolute Gasteiger partial charge is 0.493 e. The number of halogens is 1. The molecule has 2 N–H and O–H groups in total. The maximum absolute atomic E-state index is 13.1. The van der Waals surface area contributed by atoms with Crippen LogP contribution in [0, 0.1) is 25.2 Å². The Labute approximate surface area is 249 Å². The fourth-order valence-electron chi connectivity index (χ4n) is 5.05. The molecule has 0 fully saturated rings. The fraction of sp³-hybridized carbons (Fsp3) is 0.273. The number of carbonyl (C=O) groups is 1. The lowest BCUT2D eigenvalue weighted by Crippen LogP contribution is -2.21. The number of nitrogens with two attached hydrogens (primary N) is 1. The predicted octanol–water partition coefficient (Wildman–Crippen LogP) is 7.72. The average Bonchev–Trinajstić information content (AvgIpc) is 3.29. The zero-order chi connectivity index (χ0) is 30.0. The van der Waals surface area contributed by atoms with Gasteiger partial charge in [0, 0.05) is 27.6 Å². The summed E-state index contributed by atoms with van der Waals surface area (Å²) in [5.74, 6) is 0.632. The standard InChI is InChI=1S/C33H31ClN2O6/c1-5-6-7-12-39-26-11-8-20(14-29(26)38-4)30-22-10-9-21(15-28(22)42-32(36)24(30)17-35)40-33(37)31-19(3)23-16-25(34)18(2)13-27(23)41-31/h8-11,13-16,30H,5-7,12,36H2,1-4H3. The monoisotopic (exact) mass is 586 g/mol. The lowest BCUT2D eigenvalue weighted by molar-refractivity contribution is 0.0702. The molecule has 1 unspecified atom stereocenters. The Kier molecular flexibility index (Phi) is 8.32. The topological polar surface area (TPSA) is 117 Å². The second kappa shape index (κ2) is 12.1. The Morgan fingerprint density at radius 3 is 2.64 bits per heavy atom. The van der Waals surface area contributed by atoms with Gasteiger partial charge in [0.1, 0.15) is 28.7 Å². The number of carbonyl (C=O) groups excluding carboxylic acids is 1. The summed E-state index contributed by atoms with van der Waals surface area (Å²) in [5.41, 5.74) is 9.94. The normalized spacial score (nSPS) is 14.2. The quantitative estimate of drug-likeness (QED) is 0.120. The van der Waals surface area contributed by atoms with E-state index < -0.39 is 11.9 Å². The van der Waals surface area contributed by atoms with Gasteiger partial charge in [-0.05, 0) is 61.7 Å². The summed E-state index contributed by atoms with van der Waals surface area (Å²) in [7, 11) is 1.57. The van der Waals surface area contributed by atoms with E-state index in [1.165, 1.54) is 0 Å². The number of ether oxygens (including phenoxy) is 4. The van der Waals surface area contributed by atoms with Crippen molar-refractivity contribution >= 4 is 28.5 Å². The fourth-order valence-corrected chi connectivity index (χ4v) is 5.21. The van der Waals surface area contributed by atoms with Crippen LogP contribution in [0.4, 0.5) is 0 Å². The van der Waals surface area contributed by atoms with Gasteiger partial charge in [0.15, 0.2) is 11.5 Å². The van der Waals surface area contributed by atoms with Gasteiger partial charge in [-0.15, -0.1) is 0 Å². The third kappa shape index (κ3) is 5.48. The van der Waals surface area contributed by atoms with E-state index in [1.807, 2.05) is 25.1 Å². The number of rotatable bonds is 9. The predicted molar refractivity (Wildman–Crippen MR) is 159 cm³/mol. The summed E-state index contributed by atoms with van der Waals surface area (Å²) in [6.45, 7) is 6.36. The number of allylic oxidation sites excluding steroid dienone is 1. The molecule has 0 spiro atoms. The van der Waals surface area contributed by atoms with E-state index in [2.05, 4.69) is 13.0 Å². The Morgan fingerprint density at radius 1 is 1.10 bits per heavy atom. The first-order valence-corrected chi connectivity index (χ1v) is 14.1. The summed E-state index contributed by atoms with van der Waals surface area (Å²) >= 11 is 6.27. The summed E-state index contributed by atoms with van der Waals surface area (Å²) in [5, 5.41) is 11.3. The Hall–Kier alpha value is -4.61. The summed E-state index contributed by atoms with van der Waals surface area (Å²) in [4.78, 5) is 13.1. The van der Waals surface area contributed by atoms with Crippen molar-refractivity contribution in [2.45, 2.75) is 46.0 Å². The van der Waals surface area contributed by atoms with Crippen LogP contribution in [0.15, 0.2) is 64.4 Å². The molecule has 4 aromatic rings. The van der Waals surface area contributed by atoms with Crippen LogP contribution < -0.4 is 24.7 Å². The molecule has 1 aliphatic rings. The molecule has 1 atom stereocenters. The number of hydrogen-bond acceptors (Lipinski definition) is 8. The molecule has 0 amide bonds. The van der Waals surface area contributed by atoms with Crippen LogP contribution in [0.3, 0.4) is 0 Å². The lowest BCUT2D eigenvalue weighted by atomic mass is 9.83. The van der Waals surface area contributed by atoms with Crippen LogP contribution in [0.25, 0.3) is 11.0 Å². The molecule has 216 valence electrons. The van der Waals surface area contributed by atoms with Gasteiger partial charge in [-0.2, -0.15) is 5.26 Å². The van der Waals surface area contributed by atoms with Gasteiger partial charge in [0.2, 0.25) is 11.6 Å². The van der Waals surface area contributed by atoms with Crippen molar-refractivity contribution in [3.8, 4) is 29.1 Å². The number of methoxy groups -OCH3 is 1. The van der Waals surface area contributed by atoms with Gasteiger partial charge in [0.05, 0.1) is 19.6 Å². The molecule has 3 aromatic carbocycles. The molecule has 0 bridgehead atoms. The maximum Gasteiger partial charge on any atom is 0.379 e. The van der Waals surface area contributed by atoms with E-state index in [4.69, 9.17) is 40.7 Å². The molecule has 9 heteroatoms. The lowest BCUT2D eigenvalue weighted by Gasteiger charge is -2.27. The van der Waals surface area contributed by atoms with Gasteiger partial charge < -0.3 is 29.1 Å². The smallest absolute Gasteiger partial charge is 0.379 e. The number of esters is 1. The van der Waals surface area contributed by atoms with Crippen molar-refractivity contribution in [3.63, 3.8) is 0 Å². The number of aryl methyl sites for hydroxylation is 2. The summed E-state index contributed by atoms with van der Waals surface area (Å²) in [6.07, 6.45) is 3.13. The second-order valence-corrected chi connectivity index (χ2v) is 10.5. The van der Waals surface area contributed by atoms with Crippen molar-refractivity contribution < 1.29 is 28.2 Å². The van der Waals surface area contributed by atoms with Crippen LogP contribution in [0.2, 0.25) is 5.02 Å². The van der Waals surface area contributed by atoms with Crippen molar-refractivity contribution in [1.29, 1.82) is 5.26 Å². The molecule has 2 heterocycles. The molecule has 1 aromatic heterocycles. The van der Waals surface area contributed by atoms with Crippen molar-refractivity contribution in [2.75, 3.05) is 13.7 Å². The first-order chi connectivity index (χ1) is 20.2. The third-order valence-electron chi connectivity index (χ3n) is 7.33. The first kappa shape index (κ1) is 28.9. The van der Waals surface area contributed by atoms with Crippen LogP contribution >= 0.6 is 11.6 Å². The first-order valence-electron chi connectivity index (χ1n) is 13.7. The van der Waals surface area contributed by atoms with E-state index in [0.717, 1.165) is 35.8 Å². The molecular weight excluding hydrogens is 556 g/mol. The van der Waals surface area contributed by atoms with Crippen LogP contribution in [0.1, 0.15) is 64.9 Å².